The van der Waals surface area contributed by atoms with Crippen LogP contribution in [0.25, 0.3) is 5.65 Å². The van der Waals surface area contributed by atoms with Crippen LogP contribution in [0.1, 0.15) is 24.0 Å². The highest BCUT2D eigenvalue weighted by Crippen LogP contribution is 2.19. The van der Waals surface area contributed by atoms with E-state index in [9.17, 15) is 4.79 Å². The average Bonchev–Trinajstić information content (AvgIpc) is 3.13. The molecule has 4 N–H and O–H groups in total. The zero-order valence-electron chi connectivity index (χ0n) is 14.6. The Bertz CT molecular complexity index is 977. The third-order valence-corrected chi connectivity index (χ3v) is 4.90. The Balaban J connectivity index is 1.84. The van der Waals surface area contributed by atoms with Gasteiger partial charge in [0.25, 0.3) is 0 Å². The highest BCUT2D eigenvalue weighted by Gasteiger charge is 2.23. The maximum atomic E-state index is 13.1. The number of rotatable bonds is 4. The van der Waals surface area contributed by atoms with Crippen molar-refractivity contribution in [1.82, 2.24) is 19.2 Å². The Labute approximate surface area is 151 Å². The van der Waals surface area contributed by atoms with E-state index in [0.717, 1.165) is 30.5 Å². The van der Waals surface area contributed by atoms with Gasteiger partial charge in [0.15, 0.2) is 5.65 Å². The molecule has 1 aliphatic heterocycles. The minimum atomic E-state index is -0.207. The third kappa shape index (κ3) is 2.97. The molecule has 0 aliphatic carbocycles. The summed E-state index contributed by atoms with van der Waals surface area (Å²) < 4.78 is 3.00. The Hall–Kier alpha value is -2.71. The fourth-order valence-electron chi connectivity index (χ4n) is 3.54. The molecule has 26 heavy (non-hydrogen) atoms. The number of anilines is 1. The number of hydrogen-bond donors (Lipinski definition) is 2. The average molecular weight is 353 g/mol. The number of nitrogens with two attached hydrogens (primary N) is 2. The Morgan fingerprint density at radius 2 is 2.00 bits per heavy atom. The van der Waals surface area contributed by atoms with Gasteiger partial charge in [-0.1, -0.05) is 24.3 Å². The molecule has 0 bridgehead atoms. The molecule has 8 nitrogen and oxygen atoms in total. The van der Waals surface area contributed by atoms with Crippen molar-refractivity contribution in [1.29, 1.82) is 0 Å². The van der Waals surface area contributed by atoms with E-state index < -0.39 is 0 Å². The number of aromatic nitrogens is 4. The van der Waals surface area contributed by atoms with E-state index in [4.69, 9.17) is 16.5 Å². The monoisotopic (exact) mass is 353 g/mol. The topological polar surface area (TPSA) is 107 Å². The van der Waals surface area contributed by atoms with Crippen molar-refractivity contribution in [3.8, 4) is 0 Å². The van der Waals surface area contributed by atoms with Gasteiger partial charge in [-0.3, -0.25) is 4.57 Å². The lowest BCUT2D eigenvalue weighted by molar-refractivity contribution is 0.488. The molecule has 1 atom stereocenters. The zero-order chi connectivity index (χ0) is 18.1. The number of hydrogen-bond acceptors (Lipinski definition) is 6. The second kappa shape index (κ2) is 6.89. The van der Waals surface area contributed by atoms with Crippen molar-refractivity contribution in [2.45, 2.75) is 32.0 Å². The summed E-state index contributed by atoms with van der Waals surface area (Å²) in [6.07, 6.45) is 3.57. The van der Waals surface area contributed by atoms with Crippen LogP contribution in [0, 0.1) is 0 Å². The minimum absolute atomic E-state index is 0.0894. The summed E-state index contributed by atoms with van der Waals surface area (Å²) in [6, 6.07) is 9.72. The van der Waals surface area contributed by atoms with Gasteiger partial charge in [-0.25, -0.2) is 4.79 Å². The van der Waals surface area contributed by atoms with Crippen LogP contribution in [0.4, 0.5) is 5.95 Å². The second-order valence-electron chi connectivity index (χ2n) is 6.70. The predicted molar refractivity (Wildman–Crippen MR) is 100 cm³/mol. The molecule has 1 aromatic carbocycles. The van der Waals surface area contributed by atoms with Crippen molar-refractivity contribution >= 4 is 11.6 Å². The number of nitrogens with zero attached hydrogens (tertiary/aromatic N) is 5. The molecule has 136 valence electrons. The van der Waals surface area contributed by atoms with Crippen LogP contribution < -0.4 is 22.1 Å². The van der Waals surface area contributed by atoms with Gasteiger partial charge < -0.3 is 16.4 Å². The Morgan fingerprint density at radius 1 is 1.19 bits per heavy atom. The highest BCUT2D eigenvalue weighted by molar-refractivity contribution is 5.44. The molecule has 0 amide bonds. The molecule has 1 aliphatic rings. The van der Waals surface area contributed by atoms with Crippen LogP contribution in [0.5, 0.6) is 0 Å². The van der Waals surface area contributed by atoms with Gasteiger partial charge in [0.2, 0.25) is 5.95 Å². The normalized spacial score (nSPS) is 17.8. The summed E-state index contributed by atoms with van der Waals surface area (Å²) in [4.78, 5) is 19.9. The van der Waals surface area contributed by atoms with Gasteiger partial charge in [-0.2, -0.15) is 14.6 Å². The van der Waals surface area contributed by atoms with Crippen LogP contribution in [-0.2, 0) is 13.1 Å². The number of benzene rings is 1. The molecule has 1 fully saturated rings. The van der Waals surface area contributed by atoms with E-state index in [1.165, 1.54) is 4.52 Å². The van der Waals surface area contributed by atoms with Crippen LogP contribution in [0.2, 0.25) is 0 Å². The number of piperidine rings is 1. The first-order chi connectivity index (χ1) is 12.7. The number of fused-ring (bicyclic) bond motifs is 1. The van der Waals surface area contributed by atoms with Crippen molar-refractivity contribution in [3.63, 3.8) is 0 Å². The lowest BCUT2D eigenvalue weighted by Crippen LogP contribution is -2.46. The summed E-state index contributed by atoms with van der Waals surface area (Å²) in [5.74, 6) is 0.643. The van der Waals surface area contributed by atoms with Crippen molar-refractivity contribution < 1.29 is 0 Å². The molecule has 0 spiro atoms. The molecule has 3 heterocycles. The molecule has 4 rings (SSSR count). The lowest BCUT2D eigenvalue weighted by Gasteiger charge is -2.33. The highest BCUT2D eigenvalue weighted by atomic mass is 16.2. The molecular formula is C18H23N7O. The summed E-state index contributed by atoms with van der Waals surface area (Å²) in [5.41, 5.74) is 14.4. The smallest absolute Gasteiger partial charge is 0.341 e. The molecule has 3 aromatic rings. The molecule has 1 saturated heterocycles. The summed E-state index contributed by atoms with van der Waals surface area (Å²) >= 11 is 0. The van der Waals surface area contributed by atoms with Gasteiger partial charge in [-0.15, -0.1) is 0 Å². The molecule has 1 unspecified atom stereocenters. The molecule has 2 aromatic heterocycles. The van der Waals surface area contributed by atoms with E-state index in [0.29, 0.717) is 31.2 Å². The second-order valence-corrected chi connectivity index (χ2v) is 6.70. The lowest BCUT2D eigenvalue weighted by atomic mass is 10.1. The predicted octanol–water partition coefficient (Wildman–Crippen LogP) is 0.326. The summed E-state index contributed by atoms with van der Waals surface area (Å²) in [6.45, 7) is 2.35. The van der Waals surface area contributed by atoms with Crippen molar-refractivity contribution in [2.75, 3.05) is 18.0 Å². The van der Waals surface area contributed by atoms with E-state index in [-0.39, 0.29) is 11.7 Å². The molecule has 8 heteroatoms. The first kappa shape index (κ1) is 16.7. The fourth-order valence-corrected chi connectivity index (χ4v) is 3.54. The van der Waals surface area contributed by atoms with Gasteiger partial charge in [-0.05, 0) is 24.0 Å². The van der Waals surface area contributed by atoms with E-state index in [1.807, 2.05) is 24.3 Å². The largest absolute Gasteiger partial charge is 0.353 e. The van der Waals surface area contributed by atoms with Gasteiger partial charge in [0, 0.05) is 31.7 Å². The standard InChI is InChI=1S/C18H23N7O/c19-10-13-4-1-2-5-14(13)11-24-17(23-9-3-6-15(20)12-23)22-16-7-8-21-25(16)18(24)26/h1-2,4-5,7-8,15H,3,6,9-12,19-20H2. The molecule has 0 radical (unpaired) electrons. The first-order valence-electron chi connectivity index (χ1n) is 8.89. The Kier molecular flexibility index (Phi) is 4.44. The maximum absolute atomic E-state index is 13.1. The van der Waals surface area contributed by atoms with Crippen LogP contribution in [0.3, 0.4) is 0 Å². The van der Waals surface area contributed by atoms with Crippen LogP contribution >= 0.6 is 0 Å². The SMILES string of the molecule is NCc1ccccc1Cn1c(N2CCCC(N)C2)nc2ccnn2c1=O. The quantitative estimate of drug-likeness (QED) is 0.700. The van der Waals surface area contributed by atoms with Crippen LogP contribution in [-0.4, -0.2) is 38.3 Å². The summed E-state index contributed by atoms with van der Waals surface area (Å²) in [7, 11) is 0. The van der Waals surface area contributed by atoms with E-state index >= 15 is 0 Å². The third-order valence-electron chi connectivity index (χ3n) is 4.90. The van der Waals surface area contributed by atoms with Gasteiger partial charge in [0.05, 0.1) is 12.7 Å². The fraction of sp³-hybridized carbons (Fsp3) is 0.389. The van der Waals surface area contributed by atoms with Gasteiger partial charge >= 0.3 is 5.69 Å². The first-order valence-corrected chi connectivity index (χ1v) is 8.89. The van der Waals surface area contributed by atoms with E-state index in [2.05, 4.69) is 10.00 Å². The van der Waals surface area contributed by atoms with Crippen LogP contribution in [0.15, 0.2) is 41.3 Å². The van der Waals surface area contributed by atoms with Crippen molar-refractivity contribution in [3.05, 3.63) is 58.1 Å². The van der Waals surface area contributed by atoms with E-state index in [1.54, 1.807) is 16.8 Å². The van der Waals surface area contributed by atoms with Crippen molar-refractivity contribution in [2.24, 2.45) is 11.5 Å². The molecule has 0 saturated carbocycles. The maximum Gasteiger partial charge on any atom is 0.353 e. The Morgan fingerprint density at radius 3 is 2.77 bits per heavy atom. The zero-order valence-corrected chi connectivity index (χ0v) is 14.6. The summed E-state index contributed by atoms with van der Waals surface area (Å²) in [5, 5.41) is 4.12. The molecular weight excluding hydrogens is 330 g/mol. The van der Waals surface area contributed by atoms with Gasteiger partial charge in [0.1, 0.15) is 0 Å². The minimum Gasteiger partial charge on any atom is -0.341 e.